The van der Waals surface area contributed by atoms with Gasteiger partial charge in [-0.1, -0.05) is 22.0 Å². The van der Waals surface area contributed by atoms with Crippen molar-refractivity contribution < 1.29 is 14.3 Å². The maximum atomic E-state index is 12.5. The Morgan fingerprint density at radius 2 is 2.24 bits per heavy atom. The molecule has 1 saturated heterocycles. The summed E-state index contributed by atoms with van der Waals surface area (Å²) >= 11 is 3.55. The van der Waals surface area contributed by atoms with E-state index in [2.05, 4.69) is 21.2 Å². The Bertz CT molecular complexity index is 538. The monoisotopic (exact) mass is 354 g/mol. The third-order valence-corrected chi connectivity index (χ3v) is 4.58. The highest BCUT2D eigenvalue weighted by molar-refractivity contribution is 9.09. The fourth-order valence-electron chi connectivity index (χ4n) is 2.71. The molecule has 2 aliphatic heterocycles. The number of nitrogens with one attached hydrogen (secondary N) is 1. The van der Waals surface area contributed by atoms with Gasteiger partial charge in [-0.05, 0) is 31.0 Å². The van der Waals surface area contributed by atoms with Crippen LogP contribution in [0.4, 0.5) is 0 Å². The van der Waals surface area contributed by atoms with Crippen molar-refractivity contribution in [1.29, 1.82) is 0 Å². The van der Waals surface area contributed by atoms with E-state index in [1.165, 1.54) is 0 Å². The minimum Gasteiger partial charge on any atom is -0.454 e. The predicted molar refractivity (Wildman–Crippen MR) is 82.8 cm³/mol. The first kappa shape index (κ1) is 14.7. The van der Waals surface area contributed by atoms with Gasteiger partial charge in [-0.15, -0.1) is 0 Å². The van der Waals surface area contributed by atoms with E-state index in [0.717, 1.165) is 30.0 Å². The standard InChI is InChI=1S/C15H19BrN2O3/c1-2-18(15(19)12-6-11(16)7-17-12)8-10-3-4-13-14(5-10)21-9-20-13/h3-5,11-12,17H,2,6-9H2,1H3. The van der Waals surface area contributed by atoms with E-state index in [0.29, 0.717) is 17.9 Å². The largest absolute Gasteiger partial charge is 0.454 e. The van der Waals surface area contributed by atoms with Crippen LogP contribution in [-0.2, 0) is 11.3 Å². The van der Waals surface area contributed by atoms with Crippen LogP contribution in [0.15, 0.2) is 18.2 Å². The number of ether oxygens (including phenoxy) is 2. The van der Waals surface area contributed by atoms with E-state index >= 15 is 0 Å². The lowest BCUT2D eigenvalue weighted by molar-refractivity contribution is -0.133. The topological polar surface area (TPSA) is 50.8 Å². The average Bonchev–Trinajstić information content (AvgIpc) is 3.12. The number of hydrogen-bond acceptors (Lipinski definition) is 4. The molecule has 1 N–H and O–H groups in total. The van der Waals surface area contributed by atoms with Crippen LogP contribution in [0.3, 0.4) is 0 Å². The number of likely N-dealkylation sites (N-methyl/N-ethyl adjacent to an activating group) is 1. The first-order valence-corrected chi connectivity index (χ1v) is 8.13. The number of alkyl halides is 1. The molecular weight excluding hydrogens is 336 g/mol. The summed E-state index contributed by atoms with van der Waals surface area (Å²) in [6.45, 7) is 4.41. The average molecular weight is 355 g/mol. The summed E-state index contributed by atoms with van der Waals surface area (Å²) in [5.74, 6) is 1.69. The molecule has 114 valence electrons. The summed E-state index contributed by atoms with van der Waals surface area (Å²) in [5, 5.41) is 3.27. The van der Waals surface area contributed by atoms with Crippen LogP contribution in [0.2, 0.25) is 0 Å². The molecule has 1 fully saturated rings. The second-order valence-corrected chi connectivity index (χ2v) is 6.63. The maximum Gasteiger partial charge on any atom is 0.240 e. The lowest BCUT2D eigenvalue weighted by Crippen LogP contribution is -2.43. The zero-order valence-corrected chi connectivity index (χ0v) is 13.6. The summed E-state index contributed by atoms with van der Waals surface area (Å²) in [6.07, 6.45) is 0.844. The van der Waals surface area contributed by atoms with Gasteiger partial charge in [-0.2, -0.15) is 0 Å². The molecule has 3 rings (SSSR count). The SMILES string of the molecule is CCN(Cc1ccc2c(c1)OCO2)C(=O)C1CC(Br)CN1. The molecule has 0 radical (unpaired) electrons. The molecule has 2 heterocycles. The van der Waals surface area contributed by atoms with E-state index in [4.69, 9.17) is 9.47 Å². The molecule has 2 atom stereocenters. The summed E-state index contributed by atoms with van der Waals surface area (Å²) < 4.78 is 10.7. The number of halogens is 1. The van der Waals surface area contributed by atoms with E-state index in [1.54, 1.807) is 0 Å². The van der Waals surface area contributed by atoms with Crippen LogP contribution >= 0.6 is 15.9 Å². The summed E-state index contributed by atoms with van der Waals surface area (Å²) in [4.78, 5) is 14.8. The van der Waals surface area contributed by atoms with Crippen molar-refractivity contribution in [1.82, 2.24) is 10.2 Å². The molecule has 2 aliphatic rings. The Morgan fingerprint density at radius 1 is 1.43 bits per heavy atom. The smallest absolute Gasteiger partial charge is 0.240 e. The molecule has 0 aliphatic carbocycles. The number of nitrogens with zero attached hydrogens (tertiary/aromatic N) is 1. The van der Waals surface area contributed by atoms with Crippen LogP contribution in [0, 0.1) is 0 Å². The fourth-order valence-corrected chi connectivity index (χ4v) is 3.27. The second-order valence-electron chi connectivity index (χ2n) is 5.33. The Hall–Kier alpha value is -1.27. The number of carbonyl (C=O) groups is 1. The van der Waals surface area contributed by atoms with Gasteiger partial charge in [0.15, 0.2) is 11.5 Å². The molecule has 1 aromatic rings. The van der Waals surface area contributed by atoms with Crippen molar-refractivity contribution in [3.63, 3.8) is 0 Å². The summed E-state index contributed by atoms with van der Waals surface area (Å²) in [7, 11) is 0. The number of carbonyl (C=O) groups excluding carboxylic acids is 1. The van der Waals surface area contributed by atoms with Gasteiger partial charge in [0.2, 0.25) is 12.7 Å². The molecule has 1 amide bonds. The highest BCUT2D eigenvalue weighted by Crippen LogP contribution is 2.32. The molecule has 6 heteroatoms. The number of rotatable bonds is 4. The molecule has 0 saturated carbocycles. The van der Waals surface area contributed by atoms with E-state index in [-0.39, 0.29) is 18.7 Å². The van der Waals surface area contributed by atoms with Gasteiger partial charge < -0.3 is 19.7 Å². The summed E-state index contributed by atoms with van der Waals surface area (Å²) in [5.41, 5.74) is 1.06. The van der Waals surface area contributed by atoms with Crippen LogP contribution < -0.4 is 14.8 Å². The molecule has 21 heavy (non-hydrogen) atoms. The molecule has 2 unspecified atom stereocenters. The Labute approximate surface area is 132 Å². The Morgan fingerprint density at radius 3 is 2.95 bits per heavy atom. The molecule has 1 aromatic carbocycles. The molecule has 0 aromatic heterocycles. The van der Waals surface area contributed by atoms with E-state index in [1.807, 2.05) is 30.0 Å². The van der Waals surface area contributed by atoms with Crippen molar-refractivity contribution in [3.05, 3.63) is 23.8 Å². The fraction of sp³-hybridized carbons (Fsp3) is 0.533. The van der Waals surface area contributed by atoms with Gasteiger partial charge in [-0.25, -0.2) is 0 Å². The van der Waals surface area contributed by atoms with E-state index < -0.39 is 0 Å². The lowest BCUT2D eigenvalue weighted by atomic mass is 10.1. The number of hydrogen-bond donors (Lipinski definition) is 1. The van der Waals surface area contributed by atoms with Crippen molar-refractivity contribution >= 4 is 21.8 Å². The van der Waals surface area contributed by atoms with Crippen molar-refractivity contribution in [2.45, 2.75) is 30.8 Å². The first-order valence-electron chi connectivity index (χ1n) is 7.22. The minimum atomic E-state index is -0.0802. The number of fused-ring (bicyclic) bond motifs is 1. The van der Waals surface area contributed by atoms with Gasteiger partial charge in [0.25, 0.3) is 0 Å². The minimum absolute atomic E-state index is 0.0802. The number of amides is 1. The predicted octanol–water partition coefficient (Wildman–Crippen LogP) is 1.89. The molecule has 0 spiro atoms. The van der Waals surface area contributed by atoms with Crippen molar-refractivity contribution in [2.24, 2.45) is 0 Å². The van der Waals surface area contributed by atoms with Gasteiger partial charge in [0, 0.05) is 24.5 Å². The third-order valence-electron chi connectivity index (χ3n) is 3.88. The van der Waals surface area contributed by atoms with Crippen molar-refractivity contribution in [3.8, 4) is 11.5 Å². The zero-order chi connectivity index (χ0) is 14.8. The first-order chi connectivity index (χ1) is 10.2. The van der Waals surface area contributed by atoms with Gasteiger partial charge >= 0.3 is 0 Å². The highest BCUT2D eigenvalue weighted by Gasteiger charge is 2.30. The number of benzene rings is 1. The van der Waals surface area contributed by atoms with Crippen LogP contribution in [0.1, 0.15) is 18.9 Å². The highest BCUT2D eigenvalue weighted by atomic mass is 79.9. The second kappa shape index (κ2) is 6.23. The summed E-state index contributed by atoms with van der Waals surface area (Å²) in [6, 6.07) is 5.76. The van der Waals surface area contributed by atoms with Crippen LogP contribution in [-0.4, -0.2) is 41.6 Å². The van der Waals surface area contributed by atoms with Gasteiger partial charge in [0.05, 0.1) is 6.04 Å². The molecule has 0 bridgehead atoms. The van der Waals surface area contributed by atoms with Crippen molar-refractivity contribution in [2.75, 3.05) is 19.9 Å². The van der Waals surface area contributed by atoms with Gasteiger partial charge in [0.1, 0.15) is 0 Å². The molecule has 5 nitrogen and oxygen atoms in total. The molecular formula is C15H19BrN2O3. The quantitative estimate of drug-likeness (QED) is 0.839. The zero-order valence-electron chi connectivity index (χ0n) is 12.0. The third kappa shape index (κ3) is 3.16. The van der Waals surface area contributed by atoms with E-state index in [9.17, 15) is 4.79 Å². The normalized spacial score (nSPS) is 23.3. The van der Waals surface area contributed by atoms with Crippen LogP contribution in [0.5, 0.6) is 11.5 Å². The van der Waals surface area contributed by atoms with Gasteiger partial charge in [-0.3, -0.25) is 4.79 Å². The maximum absolute atomic E-state index is 12.5. The Kier molecular flexibility index (Phi) is 4.35. The lowest BCUT2D eigenvalue weighted by Gasteiger charge is -2.24. The Balaban J connectivity index is 1.68. The van der Waals surface area contributed by atoms with Crippen LogP contribution in [0.25, 0.3) is 0 Å².